The van der Waals surface area contributed by atoms with E-state index in [0.29, 0.717) is 17.9 Å². The lowest BCUT2D eigenvalue weighted by molar-refractivity contribution is 0.0939. The second-order valence-electron chi connectivity index (χ2n) is 6.95. The van der Waals surface area contributed by atoms with Crippen LogP contribution in [0.15, 0.2) is 53.4 Å². The zero-order valence-corrected chi connectivity index (χ0v) is 17.4. The third-order valence-corrected chi connectivity index (χ3v) is 6.34. The summed E-state index contributed by atoms with van der Waals surface area (Å²) in [6.45, 7) is 2.79. The molecule has 0 radical (unpaired) electrons. The number of para-hydroxylation sites is 1. The fourth-order valence-corrected chi connectivity index (χ4v) is 4.33. The second-order valence-corrected chi connectivity index (χ2v) is 8.72. The monoisotopic (exact) mass is 418 g/mol. The molecule has 2 N–H and O–H groups in total. The Morgan fingerprint density at radius 3 is 2.59 bits per heavy atom. The van der Waals surface area contributed by atoms with Crippen molar-refractivity contribution >= 4 is 15.9 Å². The fraction of sp³-hybridized carbons (Fsp3) is 0.381. The van der Waals surface area contributed by atoms with Crippen LogP contribution >= 0.6 is 0 Å². The predicted molar refractivity (Wildman–Crippen MR) is 109 cm³/mol. The van der Waals surface area contributed by atoms with Crippen molar-refractivity contribution < 1.29 is 22.7 Å². The van der Waals surface area contributed by atoms with Gasteiger partial charge in [-0.15, -0.1) is 0 Å². The second kappa shape index (κ2) is 9.39. The van der Waals surface area contributed by atoms with E-state index in [1.165, 1.54) is 24.3 Å². The van der Waals surface area contributed by atoms with E-state index in [9.17, 15) is 13.2 Å². The molecule has 1 amide bonds. The first-order chi connectivity index (χ1) is 13.9. The summed E-state index contributed by atoms with van der Waals surface area (Å²) in [7, 11) is -2.06. The number of carbonyl (C=O) groups excluding carboxylic acids is 1. The average Bonchev–Trinajstić information content (AvgIpc) is 3.26. The maximum atomic E-state index is 12.6. The van der Waals surface area contributed by atoms with Crippen molar-refractivity contribution in [3.05, 3.63) is 59.7 Å². The van der Waals surface area contributed by atoms with Crippen molar-refractivity contribution in [2.45, 2.75) is 36.8 Å². The summed E-state index contributed by atoms with van der Waals surface area (Å²) >= 11 is 0. The standard InChI is InChI=1S/C21H26N2O5S/c1-15(19-7-3-4-8-20(19)27-2)23-21(24)16-9-11-18(12-10-16)29(25,26)22-14-17-6-5-13-28-17/h3-4,7-12,15,17,22H,5-6,13-14H2,1-2H3,(H,23,24)/t15-,17+/m0/s1. The Kier molecular flexibility index (Phi) is 6.89. The highest BCUT2D eigenvalue weighted by Crippen LogP contribution is 2.24. The number of sulfonamides is 1. The van der Waals surface area contributed by atoms with Gasteiger partial charge in [-0.1, -0.05) is 18.2 Å². The highest BCUT2D eigenvalue weighted by Gasteiger charge is 2.21. The molecule has 2 atom stereocenters. The normalized spacial score (nSPS) is 17.7. The predicted octanol–water partition coefficient (Wildman–Crippen LogP) is 2.64. The van der Waals surface area contributed by atoms with E-state index >= 15 is 0 Å². The molecule has 1 aliphatic heterocycles. The Bertz CT molecular complexity index is 938. The molecule has 0 saturated carbocycles. The van der Waals surface area contributed by atoms with Gasteiger partial charge < -0.3 is 14.8 Å². The van der Waals surface area contributed by atoms with Gasteiger partial charge in [-0.3, -0.25) is 4.79 Å². The zero-order valence-electron chi connectivity index (χ0n) is 16.6. The van der Waals surface area contributed by atoms with E-state index in [2.05, 4.69) is 10.0 Å². The maximum absolute atomic E-state index is 12.6. The molecule has 0 aliphatic carbocycles. The minimum absolute atomic E-state index is 0.0775. The minimum atomic E-state index is -3.64. The molecule has 1 heterocycles. The van der Waals surface area contributed by atoms with E-state index in [-0.39, 0.29) is 29.5 Å². The van der Waals surface area contributed by atoms with E-state index in [1.54, 1.807) is 7.11 Å². The molecule has 1 fully saturated rings. The molecule has 29 heavy (non-hydrogen) atoms. The molecule has 0 spiro atoms. The topological polar surface area (TPSA) is 93.7 Å². The molecule has 1 saturated heterocycles. The molecule has 0 aromatic heterocycles. The summed E-state index contributed by atoms with van der Waals surface area (Å²) in [6, 6.07) is 13.1. The molecular weight excluding hydrogens is 392 g/mol. The van der Waals surface area contributed by atoms with Gasteiger partial charge in [0.25, 0.3) is 5.91 Å². The Morgan fingerprint density at radius 1 is 1.21 bits per heavy atom. The van der Waals surface area contributed by atoms with Gasteiger partial charge in [-0.25, -0.2) is 13.1 Å². The number of nitrogens with one attached hydrogen (secondary N) is 2. The first-order valence-corrected chi connectivity index (χ1v) is 11.0. The van der Waals surface area contributed by atoms with Gasteiger partial charge >= 0.3 is 0 Å². The minimum Gasteiger partial charge on any atom is -0.496 e. The highest BCUT2D eigenvalue weighted by molar-refractivity contribution is 7.89. The molecule has 0 bridgehead atoms. The van der Waals surface area contributed by atoms with E-state index < -0.39 is 10.0 Å². The summed E-state index contributed by atoms with van der Waals surface area (Å²) in [5.74, 6) is 0.402. The van der Waals surface area contributed by atoms with Gasteiger partial charge in [-0.05, 0) is 50.1 Å². The van der Waals surface area contributed by atoms with Gasteiger partial charge in [0.1, 0.15) is 5.75 Å². The largest absolute Gasteiger partial charge is 0.496 e. The summed E-state index contributed by atoms with van der Waals surface area (Å²) in [5.41, 5.74) is 1.24. The molecule has 2 aromatic carbocycles. The molecule has 1 aliphatic rings. The number of amides is 1. The van der Waals surface area contributed by atoms with Crippen LogP contribution in [0.4, 0.5) is 0 Å². The number of hydrogen-bond acceptors (Lipinski definition) is 5. The molecular formula is C21H26N2O5S. The molecule has 156 valence electrons. The number of hydrogen-bond donors (Lipinski definition) is 2. The SMILES string of the molecule is COc1ccccc1[C@H](C)NC(=O)c1ccc(S(=O)(=O)NC[C@H]2CCCO2)cc1. The van der Waals surface area contributed by atoms with Crippen molar-refractivity contribution in [3.8, 4) is 5.75 Å². The van der Waals surface area contributed by atoms with Crippen LogP contribution in [-0.4, -0.2) is 40.7 Å². The van der Waals surface area contributed by atoms with E-state index in [4.69, 9.17) is 9.47 Å². The molecule has 0 unspecified atom stereocenters. The van der Waals surface area contributed by atoms with Crippen LogP contribution in [0.25, 0.3) is 0 Å². The third kappa shape index (κ3) is 5.35. The van der Waals surface area contributed by atoms with Gasteiger partial charge in [0, 0.05) is 24.3 Å². The Balaban J connectivity index is 1.63. The van der Waals surface area contributed by atoms with E-state index in [1.807, 2.05) is 31.2 Å². The average molecular weight is 419 g/mol. The fourth-order valence-electron chi connectivity index (χ4n) is 3.26. The van der Waals surface area contributed by atoms with Crippen LogP contribution in [0.2, 0.25) is 0 Å². The van der Waals surface area contributed by atoms with Crippen LogP contribution in [0, 0.1) is 0 Å². The van der Waals surface area contributed by atoms with Gasteiger partial charge in [0.15, 0.2) is 0 Å². The molecule has 3 rings (SSSR count). The van der Waals surface area contributed by atoms with Crippen LogP contribution < -0.4 is 14.8 Å². The highest BCUT2D eigenvalue weighted by atomic mass is 32.2. The number of ether oxygens (including phenoxy) is 2. The summed E-state index contributed by atoms with van der Waals surface area (Å²) in [4.78, 5) is 12.7. The molecule has 8 heteroatoms. The Hall–Kier alpha value is -2.42. The van der Waals surface area contributed by atoms with Crippen molar-refractivity contribution in [1.29, 1.82) is 0 Å². The van der Waals surface area contributed by atoms with Crippen LogP contribution in [0.1, 0.15) is 41.7 Å². The Morgan fingerprint density at radius 2 is 1.93 bits per heavy atom. The lowest BCUT2D eigenvalue weighted by atomic mass is 10.1. The van der Waals surface area contributed by atoms with Crippen molar-refractivity contribution in [2.75, 3.05) is 20.3 Å². The zero-order chi connectivity index (χ0) is 20.9. The molecule has 2 aromatic rings. The van der Waals surface area contributed by atoms with Crippen molar-refractivity contribution in [1.82, 2.24) is 10.0 Å². The lowest BCUT2D eigenvalue weighted by Crippen LogP contribution is -2.32. The summed E-state index contributed by atoms with van der Waals surface area (Å²) < 4.78 is 38.2. The van der Waals surface area contributed by atoms with Crippen molar-refractivity contribution in [2.24, 2.45) is 0 Å². The Labute approximate surface area is 171 Å². The number of carbonyl (C=O) groups is 1. The van der Waals surface area contributed by atoms with E-state index in [0.717, 1.165) is 18.4 Å². The van der Waals surface area contributed by atoms with Gasteiger partial charge in [0.2, 0.25) is 10.0 Å². The first-order valence-electron chi connectivity index (χ1n) is 9.56. The lowest BCUT2D eigenvalue weighted by Gasteiger charge is -2.17. The van der Waals surface area contributed by atoms with Gasteiger partial charge in [-0.2, -0.15) is 0 Å². The number of methoxy groups -OCH3 is 1. The van der Waals surface area contributed by atoms with Crippen LogP contribution in [-0.2, 0) is 14.8 Å². The summed E-state index contributed by atoms with van der Waals surface area (Å²) in [6.07, 6.45) is 1.72. The quantitative estimate of drug-likeness (QED) is 0.687. The van der Waals surface area contributed by atoms with Gasteiger partial charge in [0.05, 0.1) is 24.2 Å². The number of rotatable bonds is 8. The maximum Gasteiger partial charge on any atom is 0.251 e. The smallest absolute Gasteiger partial charge is 0.251 e. The third-order valence-electron chi connectivity index (χ3n) is 4.90. The molecule has 7 nitrogen and oxygen atoms in total. The summed E-state index contributed by atoms with van der Waals surface area (Å²) in [5, 5.41) is 2.91. The van der Waals surface area contributed by atoms with Crippen LogP contribution in [0.5, 0.6) is 5.75 Å². The van der Waals surface area contributed by atoms with Crippen molar-refractivity contribution in [3.63, 3.8) is 0 Å². The van der Waals surface area contributed by atoms with Crippen LogP contribution in [0.3, 0.4) is 0 Å². The number of benzene rings is 2. The first kappa shape index (κ1) is 21.3.